The first-order valence-electron chi connectivity index (χ1n) is 9.00. The number of fused-ring (bicyclic) bond motifs is 2. The predicted octanol–water partition coefficient (Wildman–Crippen LogP) is 4.05. The molecule has 4 rings (SSSR count). The number of benzene rings is 3. The van der Waals surface area contributed by atoms with E-state index in [1.165, 1.54) is 0 Å². The molecule has 0 spiro atoms. The van der Waals surface area contributed by atoms with Crippen LogP contribution in [0.4, 0.5) is 5.69 Å². The molecule has 0 unspecified atom stereocenters. The summed E-state index contributed by atoms with van der Waals surface area (Å²) < 4.78 is 10.5. The first kappa shape index (κ1) is 18.4. The minimum Gasteiger partial charge on any atom is -0.450 e. The lowest BCUT2D eigenvalue weighted by atomic mass is 10.1. The Morgan fingerprint density at radius 1 is 0.966 bits per heavy atom. The van der Waals surface area contributed by atoms with Crippen LogP contribution >= 0.6 is 0 Å². The van der Waals surface area contributed by atoms with E-state index < -0.39 is 18.5 Å². The molecule has 4 aromatic rings. The first-order chi connectivity index (χ1) is 14.0. The van der Waals surface area contributed by atoms with Crippen LogP contribution in [0.15, 0.2) is 75.9 Å². The standard InChI is InChI=1S/C23H17NO5/c1-14-9-10-20-17(11-14)19(25)12-21(29-20)23(27)28-13-22(26)24-18-8-4-6-15-5-2-3-7-16(15)18/h2-12H,13H2,1H3,(H,24,26). The highest BCUT2D eigenvalue weighted by Crippen LogP contribution is 2.22. The lowest BCUT2D eigenvalue weighted by molar-refractivity contribution is -0.119. The Morgan fingerprint density at radius 2 is 1.76 bits per heavy atom. The fourth-order valence-electron chi connectivity index (χ4n) is 3.09. The third-order valence-corrected chi connectivity index (χ3v) is 4.48. The summed E-state index contributed by atoms with van der Waals surface area (Å²) in [5.74, 6) is -1.62. The number of hydrogen-bond acceptors (Lipinski definition) is 5. The van der Waals surface area contributed by atoms with Gasteiger partial charge >= 0.3 is 5.97 Å². The maximum Gasteiger partial charge on any atom is 0.374 e. The zero-order valence-corrected chi connectivity index (χ0v) is 15.6. The van der Waals surface area contributed by atoms with Gasteiger partial charge in [0.2, 0.25) is 5.76 Å². The summed E-state index contributed by atoms with van der Waals surface area (Å²) in [5, 5.41) is 4.98. The maximum atomic E-state index is 12.2. The number of nitrogens with one attached hydrogen (secondary N) is 1. The summed E-state index contributed by atoms with van der Waals surface area (Å²) in [6, 6.07) is 19.3. The van der Waals surface area contributed by atoms with Crippen molar-refractivity contribution in [2.45, 2.75) is 6.92 Å². The molecule has 1 N–H and O–H groups in total. The van der Waals surface area contributed by atoms with Crippen molar-refractivity contribution in [2.75, 3.05) is 11.9 Å². The Bertz CT molecular complexity index is 1300. The van der Waals surface area contributed by atoms with Crippen LogP contribution in [-0.2, 0) is 9.53 Å². The average molecular weight is 387 g/mol. The smallest absolute Gasteiger partial charge is 0.374 e. The van der Waals surface area contributed by atoms with E-state index in [-0.39, 0.29) is 16.8 Å². The van der Waals surface area contributed by atoms with Crippen LogP contribution in [0.2, 0.25) is 0 Å². The largest absolute Gasteiger partial charge is 0.450 e. The Hall–Kier alpha value is -3.93. The van der Waals surface area contributed by atoms with Crippen molar-refractivity contribution in [1.29, 1.82) is 0 Å². The summed E-state index contributed by atoms with van der Waals surface area (Å²) in [4.78, 5) is 36.7. The van der Waals surface area contributed by atoms with E-state index in [1.807, 2.05) is 43.3 Å². The molecular weight excluding hydrogens is 370 g/mol. The summed E-state index contributed by atoms with van der Waals surface area (Å²) in [5.41, 5.74) is 1.47. The molecule has 29 heavy (non-hydrogen) atoms. The van der Waals surface area contributed by atoms with E-state index in [4.69, 9.17) is 9.15 Å². The molecule has 0 saturated carbocycles. The van der Waals surface area contributed by atoms with Crippen molar-refractivity contribution < 1.29 is 18.7 Å². The number of aryl methyl sites for hydroxylation is 1. The highest BCUT2D eigenvalue weighted by Gasteiger charge is 2.16. The Balaban J connectivity index is 1.47. The van der Waals surface area contributed by atoms with Crippen LogP contribution in [0, 0.1) is 6.92 Å². The second kappa shape index (κ2) is 7.59. The molecule has 144 valence electrons. The molecule has 6 heteroatoms. The van der Waals surface area contributed by atoms with Gasteiger partial charge in [-0.05, 0) is 30.5 Å². The van der Waals surface area contributed by atoms with Gasteiger partial charge in [-0.3, -0.25) is 9.59 Å². The molecule has 0 radical (unpaired) electrons. The molecule has 0 aliphatic carbocycles. The SMILES string of the molecule is Cc1ccc2oc(C(=O)OCC(=O)Nc3cccc4ccccc34)cc(=O)c2c1. The van der Waals surface area contributed by atoms with E-state index >= 15 is 0 Å². The fraction of sp³-hybridized carbons (Fsp3) is 0.0870. The van der Waals surface area contributed by atoms with E-state index in [0.29, 0.717) is 11.1 Å². The van der Waals surface area contributed by atoms with E-state index in [2.05, 4.69) is 5.32 Å². The van der Waals surface area contributed by atoms with Gasteiger partial charge in [-0.1, -0.05) is 48.0 Å². The molecule has 0 atom stereocenters. The summed E-state index contributed by atoms with van der Waals surface area (Å²) >= 11 is 0. The van der Waals surface area contributed by atoms with E-state index in [0.717, 1.165) is 22.4 Å². The average Bonchev–Trinajstić information content (AvgIpc) is 2.72. The molecule has 1 aromatic heterocycles. The van der Waals surface area contributed by atoms with Crippen LogP contribution in [0.1, 0.15) is 16.1 Å². The molecule has 0 aliphatic rings. The topological polar surface area (TPSA) is 85.6 Å². The van der Waals surface area contributed by atoms with Crippen molar-refractivity contribution in [3.8, 4) is 0 Å². The summed E-state index contributed by atoms with van der Waals surface area (Å²) in [7, 11) is 0. The van der Waals surface area contributed by atoms with Gasteiger partial charge in [-0.15, -0.1) is 0 Å². The quantitative estimate of drug-likeness (QED) is 0.534. The van der Waals surface area contributed by atoms with Crippen molar-refractivity contribution in [3.63, 3.8) is 0 Å². The van der Waals surface area contributed by atoms with Gasteiger partial charge in [-0.2, -0.15) is 0 Å². The highest BCUT2D eigenvalue weighted by atomic mass is 16.5. The van der Waals surface area contributed by atoms with Gasteiger partial charge in [0.1, 0.15) is 5.58 Å². The second-order valence-electron chi connectivity index (χ2n) is 6.63. The summed E-state index contributed by atoms with van der Waals surface area (Å²) in [6.45, 7) is 1.35. The number of anilines is 1. The molecule has 1 heterocycles. The highest BCUT2D eigenvalue weighted by molar-refractivity contribution is 6.03. The van der Waals surface area contributed by atoms with Gasteiger partial charge in [0, 0.05) is 17.1 Å². The zero-order valence-electron chi connectivity index (χ0n) is 15.6. The minimum absolute atomic E-state index is 0.246. The van der Waals surface area contributed by atoms with Crippen molar-refractivity contribution in [2.24, 2.45) is 0 Å². The van der Waals surface area contributed by atoms with Crippen LogP contribution in [-0.4, -0.2) is 18.5 Å². The molecular formula is C23H17NO5. The van der Waals surface area contributed by atoms with Gasteiger partial charge in [-0.25, -0.2) is 4.79 Å². The van der Waals surface area contributed by atoms with Crippen LogP contribution < -0.4 is 10.7 Å². The monoisotopic (exact) mass is 387 g/mol. The lowest BCUT2D eigenvalue weighted by Crippen LogP contribution is -2.21. The van der Waals surface area contributed by atoms with Crippen LogP contribution in [0.5, 0.6) is 0 Å². The molecule has 0 fully saturated rings. The third kappa shape index (κ3) is 3.87. The van der Waals surface area contributed by atoms with E-state index in [9.17, 15) is 14.4 Å². The number of ether oxygens (including phenoxy) is 1. The third-order valence-electron chi connectivity index (χ3n) is 4.48. The lowest BCUT2D eigenvalue weighted by Gasteiger charge is -2.09. The van der Waals surface area contributed by atoms with Crippen molar-refractivity contribution >= 4 is 39.3 Å². The Labute approximate surface area is 165 Å². The number of hydrogen-bond donors (Lipinski definition) is 1. The van der Waals surface area contributed by atoms with Crippen molar-refractivity contribution in [3.05, 3.63) is 88.3 Å². The predicted molar refractivity (Wildman–Crippen MR) is 110 cm³/mol. The van der Waals surface area contributed by atoms with Gasteiger partial charge in [0.25, 0.3) is 5.91 Å². The second-order valence-corrected chi connectivity index (χ2v) is 6.63. The fourth-order valence-corrected chi connectivity index (χ4v) is 3.09. The molecule has 0 saturated heterocycles. The van der Waals surface area contributed by atoms with Gasteiger partial charge in [0.05, 0.1) is 5.39 Å². The van der Waals surface area contributed by atoms with Crippen molar-refractivity contribution in [1.82, 2.24) is 0 Å². The molecule has 3 aromatic carbocycles. The van der Waals surface area contributed by atoms with Crippen LogP contribution in [0.25, 0.3) is 21.7 Å². The number of amides is 1. The minimum atomic E-state index is -0.877. The Kier molecular flexibility index (Phi) is 4.83. The number of carbonyl (C=O) groups is 2. The molecule has 0 aliphatic heterocycles. The Morgan fingerprint density at radius 3 is 2.62 bits per heavy atom. The van der Waals surface area contributed by atoms with E-state index in [1.54, 1.807) is 24.3 Å². The number of carbonyl (C=O) groups excluding carboxylic acids is 2. The van der Waals surface area contributed by atoms with Crippen LogP contribution in [0.3, 0.4) is 0 Å². The van der Waals surface area contributed by atoms with Gasteiger partial charge < -0.3 is 14.5 Å². The molecule has 1 amide bonds. The number of rotatable bonds is 4. The summed E-state index contributed by atoms with van der Waals surface area (Å²) in [6.07, 6.45) is 0. The maximum absolute atomic E-state index is 12.2. The molecule has 0 bridgehead atoms. The first-order valence-corrected chi connectivity index (χ1v) is 9.00. The zero-order chi connectivity index (χ0) is 20.4. The van der Waals surface area contributed by atoms with Gasteiger partial charge in [0.15, 0.2) is 12.0 Å². The normalized spacial score (nSPS) is 10.8. The number of esters is 1. The molecule has 6 nitrogen and oxygen atoms in total.